The number of nitrogens with two attached hydrogens (primary N) is 1. The quantitative estimate of drug-likeness (QED) is 0.747. The third kappa shape index (κ3) is 1.85. The lowest BCUT2D eigenvalue weighted by atomic mass is 10.2. The Kier molecular flexibility index (Phi) is 2.33. The molecule has 1 aromatic heterocycles. The fraction of sp³-hybridized carbons (Fsp3) is 0.273. The molecule has 0 atom stereocenters. The molecular formula is C11H11F3N2. The van der Waals surface area contributed by atoms with Gasteiger partial charge < -0.3 is 10.3 Å². The first kappa shape index (κ1) is 10.9. The molecule has 5 heteroatoms. The number of hydrogen-bond donors (Lipinski definition) is 1. The third-order valence-electron chi connectivity index (χ3n) is 2.52. The molecule has 0 saturated carbocycles. The molecule has 0 radical (unpaired) electrons. The summed E-state index contributed by atoms with van der Waals surface area (Å²) in [6.07, 6.45) is -4.22. The van der Waals surface area contributed by atoms with Crippen molar-refractivity contribution >= 4 is 16.6 Å². The Morgan fingerprint density at radius 3 is 2.62 bits per heavy atom. The molecule has 1 heterocycles. The van der Waals surface area contributed by atoms with E-state index in [2.05, 4.69) is 0 Å². The van der Waals surface area contributed by atoms with Gasteiger partial charge >= 0.3 is 6.18 Å². The summed E-state index contributed by atoms with van der Waals surface area (Å²) in [5, 5.41) is 0.671. The minimum atomic E-state index is -4.22. The fourth-order valence-electron chi connectivity index (χ4n) is 1.83. The van der Waals surface area contributed by atoms with Crippen molar-refractivity contribution in [2.75, 3.05) is 5.73 Å². The Labute approximate surface area is 90.5 Å². The molecule has 0 spiro atoms. The highest BCUT2D eigenvalue weighted by molar-refractivity contribution is 5.92. The molecule has 0 fully saturated rings. The average molecular weight is 228 g/mol. The maximum atomic E-state index is 12.4. The Morgan fingerprint density at radius 2 is 2.00 bits per heavy atom. The molecule has 0 bridgehead atoms. The molecule has 2 rings (SSSR count). The number of hydrogen-bond acceptors (Lipinski definition) is 1. The van der Waals surface area contributed by atoms with Crippen LogP contribution in [0.1, 0.15) is 5.69 Å². The second-order valence-corrected chi connectivity index (χ2v) is 3.77. The van der Waals surface area contributed by atoms with E-state index < -0.39 is 12.7 Å². The minimum Gasteiger partial charge on any atom is -0.398 e. The van der Waals surface area contributed by atoms with Crippen LogP contribution in [0.4, 0.5) is 18.9 Å². The first-order valence-electron chi connectivity index (χ1n) is 4.79. The van der Waals surface area contributed by atoms with Crippen molar-refractivity contribution in [2.45, 2.75) is 19.6 Å². The van der Waals surface area contributed by atoms with Crippen LogP contribution in [0.3, 0.4) is 0 Å². The van der Waals surface area contributed by atoms with Crippen molar-refractivity contribution in [1.29, 1.82) is 0 Å². The van der Waals surface area contributed by atoms with Crippen LogP contribution in [0.25, 0.3) is 10.9 Å². The van der Waals surface area contributed by atoms with E-state index in [-0.39, 0.29) is 0 Å². The fourth-order valence-corrected chi connectivity index (χ4v) is 1.83. The second kappa shape index (κ2) is 3.43. The van der Waals surface area contributed by atoms with Crippen molar-refractivity contribution in [3.63, 3.8) is 0 Å². The number of rotatable bonds is 1. The van der Waals surface area contributed by atoms with Gasteiger partial charge in [0.25, 0.3) is 0 Å². The summed E-state index contributed by atoms with van der Waals surface area (Å²) >= 11 is 0. The standard InChI is InChI=1S/C11H11F3N2/c1-7-5-8-9(15)3-2-4-10(8)16(7)6-11(12,13)14/h2-5H,6,15H2,1H3. The van der Waals surface area contributed by atoms with Crippen LogP contribution in [0.5, 0.6) is 0 Å². The lowest BCUT2D eigenvalue weighted by molar-refractivity contribution is -0.140. The van der Waals surface area contributed by atoms with Gasteiger partial charge in [-0.15, -0.1) is 0 Å². The lowest BCUT2D eigenvalue weighted by Gasteiger charge is -2.11. The van der Waals surface area contributed by atoms with Gasteiger partial charge in [-0.25, -0.2) is 0 Å². The summed E-state index contributed by atoms with van der Waals surface area (Å²) in [6.45, 7) is 0.664. The summed E-state index contributed by atoms with van der Waals surface area (Å²) in [5.41, 5.74) is 7.29. The van der Waals surface area contributed by atoms with Crippen LogP contribution in [0.2, 0.25) is 0 Å². The van der Waals surface area contributed by atoms with Crippen molar-refractivity contribution in [1.82, 2.24) is 4.57 Å². The first-order valence-corrected chi connectivity index (χ1v) is 4.79. The van der Waals surface area contributed by atoms with E-state index in [0.29, 0.717) is 22.3 Å². The molecule has 0 saturated heterocycles. The molecule has 0 unspecified atom stereocenters. The summed E-state index contributed by atoms with van der Waals surface area (Å²) in [7, 11) is 0. The topological polar surface area (TPSA) is 30.9 Å². The smallest absolute Gasteiger partial charge is 0.398 e. The summed E-state index contributed by atoms with van der Waals surface area (Å²) in [4.78, 5) is 0. The minimum absolute atomic E-state index is 0.501. The van der Waals surface area contributed by atoms with Crippen molar-refractivity contribution < 1.29 is 13.2 Å². The van der Waals surface area contributed by atoms with E-state index in [1.54, 1.807) is 31.2 Å². The van der Waals surface area contributed by atoms with Gasteiger partial charge in [-0.3, -0.25) is 0 Å². The Bertz CT molecular complexity index is 526. The second-order valence-electron chi connectivity index (χ2n) is 3.77. The molecule has 0 aliphatic rings. The maximum absolute atomic E-state index is 12.4. The molecule has 2 N–H and O–H groups in total. The van der Waals surface area contributed by atoms with E-state index in [1.165, 1.54) is 4.57 Å². The van der Waals surface area contributed by atoms with Crippen LogP contribution >= 0.6 is 0 Å². The van der Waals surface area contributed by atoms with E-state index in [4.69, 9.17) is 5.73 Å². The molecule has 0 amide bonds. The number of nitrogen functional groups attached to an aromatic ring is 1. The molecule has 1 aromatic carbocycles. The van der Waals surface area contributed by atoms with Gasteiger partial charge in [0.05, 0.1) is 5.52 Å². The zero-order chi connectivity index (χ0) is 11.9. The predicted octanol–water partition coefficient (Wildman–Crippen LogP) is 3.09. The highest BCUT2D eigenvalue weighted by Gasteiger charge is 2.29. The van der Waals surface area contributed by atoms with Crippen LogP contribution in [0.15, 0.2) is 24.3 Å². The zero-order valence-corrected chi connectivity index (χ0v) is 8.67. The number of anilines is 1. The molecule has 2 nitrogen and oxygen atoms in total. The predicted molar refractivity (Wildman–Crippen MR) is 57.1 cm³/mol. The van der Waals surface area contributed by atoms with Gasteiger partial charge in [-0.2, -0.15) is 13.2 Å². The van der Waals surface area contributed by atoms with Gasteiger partial charge in [0.2, 0.25) is 0 Å². The summed E-state index contributed by atoms with van der Waals surface area (Å²) in [5.74, 6) is 0. The number of nitrogens with zero attached hydrogens (tertiary/aromatic N) is 1. The van der Waals surface area contributed by atoms with Gasteiger partial charge in [0, 0.05) is 16.8 Å². The maximum Gasteiger partial charge on any atom is 0.406 e. The number of aromatic nitrogens is 1. The molecule has 0 aliphatic heterocycles. The molecule has 2 aromatic rings. The van der Waals surface area contributed by atoms with Crippen LogP contribution < -0.4 is 5.73 Å². The van der Waals surface area contributed by atoms with Gasteiger partial charge in [-0.05, 0) is 25.1 Å². The van der Waals surface area contributed by atoms with Crippen LogP contribution in [-0.2, 0) is 6.54 Å². The number of aryl methyl sites for hydroxylation is 1. The molecule has 16 heavy (non-hydrogen) atoms. The number of benzene rings is 1. The van der Waals surface area contributed by atoms with E-state index in [1.807, 2.05) is 0 Å². The average Bonchev–Trinajstić information content (AvgIpc) is 2.44. The normalized spacial score (nSPS) is 12.2. The SMILES string of the molecule is Cc1cc2c(N)cccc2n1CC(F)(F)F. The van der Waals surface area contributed by atoms with Gasteiger partial charge in [-0.1, -0.05) is 6.07 Å². The van der Waals surface area contributed by atoms with Crippen LogP contribution in [-0.4, -0.2) is 10.7 Å². The lowest BCUT2D eigenvalue weighted by Crippen LogP contribution is -2.18. The number of fused-ring (bicyclic) bond motifs is 1. The Hall–Kier alpha value is -1.65. The molecule has 86 valence electrons. The largest absolute Gasteiger partial charge is 0.406 e. The highest BCUT2D eigenvalue weighted by Crippen LogP contribution is 2.28. The van der Waals surface area contributed by atoms with Crippen LogP contribution in [0, 0.1) is 6.92 Å². The first-order chi connectivity index (χ1) is 7.38. The van der Waals surface area contributed by atoms with Crippen molar-refractivity contribution in [3.05, 3.63) is 30.0 Å². The van der Waals surface area contributed by atoms with Gasteiger partial charge in [0.15, 0.2) is 0 Å². The van der Waals surface area contributed by atoms with E-state index in [9.17, 15) is 13.2 Å². The monoisotopic (exact) mass is 228 g/mol. The molecular weight excluding hydrogens is 217 g/mol. The summed E-state index contributed by atoms with van der Waals surface area (Å²) < 4.78 is 38.4. The number of alkyl halides is 3. The van der Waals surface area contributed by atoms with Crippen molar-refractivity contribution in [2.24, 2.45) is 0 Å². The van der Waals surface area contributed by atoms with E-state index in [0.717, 1.165) is 0 Å². The number of halogens is 3. The zero-order valence-electron chi connectivity index (χ0n) is 8.67. The van der Waals surface area contributed by atoms with Crippen molar-refractivity contribution in [3.8, 4) is 0 Å². The Morgan fingerprint density at radius 1 is 1.31 bits per heavy atom. The highest BCUT2D eigenvalue weighted by atomic mass is 19.4. The Balaban J connectivity index is 2.61. The van der Waals surface area contributed by atoms with E-state index >= 15 is 0 Å². The molecule has 0 aliphatic carbocycles. The summed E-state index contributed by atoms with van der Waals surface area (Å²) in [6, 6.07) is 6.66. The third-order valence-corrected chi connectivity index (χ3v) is 2.52. The van der Waals surface area contributed by atoms with Gasteiger partial charge in [0.1, 0.15) is 6.54 Å².